The van der Waals surface area contributed by atoms with Crippen molar-refractivity contribution < 1.29 is 4.79 Å². The summed E-state index contributed by atoms with van der Waals surface area (Å²) >= 11 is 0. The van der Waals surface area contributed by atoms with Gasteiger partial charge in [-0.25, -0.2) is 0 Å². The largest absolute Gasteiger partial charge is 0.361 e. The van der Waals surface area contributed by atoms with Gasteiger partial charge >= 0.3 is 0 Å². The van der Waals surface area contributed by atoms with Crippen LogP contribution >= 0.6 is 0 Å². The zero-order valence-corrected chi connectivity index (χ0v) is 18.6. The quantitative estimate of drug-likeness (QED) is 0.499. The lowest BCUT2D eigenvalue weighted by molar-refractivity contribution is 0.0774. The Hall–Kier alpha value is -3.45. The van der Waals surface area contributed by atoms with Crippen LogP contribution in [0.2, 0.25) is 0 Å². The molecule has 0 spiro atoms. The summed E-state index contributed by atoms with van der Waals surface area (Å²) < 4.78 is 1.94. The highest BCUT2D eigenvalue weighted by Crippen LogP contribution is 2.32. The Bertz CT molecular complexity index is 1230. The Morgan fingerprint density at radius 2 is 1.73 bits per heavy atom. The molecule has 1 N–H and O–H groups in total. The second kappa shape index (κ2) is 8.48. The van der Waals surface area contributed by atoms with Crippen LogP contribution in [-0.4, -0.2) is 68.2 Å². The summed E-state index contributed by atoms with van der Waals surface area (Å²) in [7, 11) is 0. The Kier molecular flexibility index (Phi) is 5.19. The molecule has 2 aromatic heterocycles. The first-order chi connectivity index (χ1) is 16.2. The van der Waals surface area contributed by atoms with Gasteiger partial charge in [0.15, 0.2) is 0 Å². The van der Waals surface area contributed by atoms with E-state index in [1.165, 1.54) is 16.5 Å². The molecule has 0 saturated carbocycles. The molecule has 2 aliphatic heterocycles. The Morgan fingerprint density at radius 3 is 2.48 bits per heavy atom. The number of likely N-dealkylation sites (tertiary alicyclic amines) is 2. The van der Waals surface area contributed by atoms with E-state index in [9.17, 15) is 4.79 Å². The second-order valence-corrected chi connectivity index (χ2v) is 9.37. The van der Waals surface area contributed by atoms with Crippen molar-refractivity contribution in [2.45, 2.75) is 12.8 Å². The highest BCUT2D eigenvalue weighted by Gasteiger charge is 2.41. The van der Waals surface area contributed by atoms with E-state index >= 15 is 0 Å². The Balaban J connectivity index is 1.03. The van der Waals surface area contributed by atoms with Crippen molar-refractivity contribution >= 4 is 16.8 Å². The molecule has 2 atom stereocenters. The minimum atomic E-state index is 0.182. The number of rotatable bonds is 6. The summed E-state index contributed by atoms with van der Waals surface area (Å²) in [5, 5.41) is 9.10. The monoisotopic (exact) mass is 440 g/mol. The van der Waals surface area contributed by atoms with Gasteiger partial charge in [0, 0.05) is 54.5 Å². The summed E-state index contributed by atoms with van der Waals surface area (Å²) in [6.45, 7) is 5.10. The predicted molar refractivity (Wildman–Crippen MR) is 127 cm³/mol. The number of hydrogen-bond acceptors (Lipinski definition) is 4. The first kappa shape index (κ1) is 20.2. The molecule has 2 aromatic carbocycles. The molecule has 4 heterocycles. The van der Waals surface area contributed by atoms with Crippen LogP contribution in [0.3, 0.4) is 0 Å². The molecule has 7 heteroatoms. The summed E-state index contributed by atoms with van der Waals surface area (Å²) in [6, 6.07) is 16.1. The van der Waals surface area contributed by atoms with Gasteiger partial charge in [0.25, 0.3) is 5.91 Å². The van der Waals surface area contributed by atoms with Gasteiger partial charge in [0.2, 0.25) is 0 Å². The van der Waals surface area contributed by atoms with E-state index in [4.69, 9.17) is 0 Å². The normalized spacial score (nSPS) is 20.5. The Labute approximate surface area is 193 Å². The van der Waals surface area contributed by atoms with Crippen LogP contribution in [0.4, 0.5) is 0 Å². The lowest BCUT2D eigenvalue weighted by atomic mass is 10.0. The molecular formula is C26H28N6O. The highest BCUT2D eigenvalue weighted by molar-refractivity contribution is 5.94. The molecule has 168 valence electrons. The van der Waals surface area contributed by atoms with Crippen molar-refractivity contribution in [2.24, 2.45) is 11.8 Å². The van der Waals surface area contributed by atoms with Crippen LogP contribution in [0.15, 0.2) is 67.4 Å². The van der Waals surface area contributed by atoms with Crippen LogP contribution in [0, 0.1) is 11.8 Å². The highest BCUT2D eigenvalue weighted by atomic mass is 16.2. The predicted octanol–water partition coefficient (Wildman–Crippen LogP) is 3.39. The number of amides is 1. The summed E-state index contributed by atoms with van der Waals surface area (Å²) in [5.74, 6) is 1.40. The van der Waals surface area contributed by atoms with Crippen molar-refractivity contribution in [3.05, 3.63) is 78.5 Å². The molecule has 33 heavy (non-hydrogen) atoms. The van der Waals surface area contributed by atoms with Crippen LogP contribution in [0.5, 0.6) is 0 Å². The molecule has 2 saturated heterocycles. The number of H-pyrrole nitrogens is 1. The van der Waals surface area contributed by atoms with E-state index in [1.54, 1.807) is 12.7 Å². The maximum atomic E-state index is 12.8. The van der Waals surface area contributed by atoms with Gasteiger partial charge in [-0.15, -0.1) is 10.2 Å². The Morgan fingerprint density at radius 1 is 0.970 bits per heavy atom. The number of aromatic nitrogens is 4. The molecule has 1 amide bonds. The van der Waals surface area contributed by atoms with E-state index in [0.717, 1.165) is 56.8 Å². The van der Waals surface area contributed by atoms with Gasteiger partial charge in [0.05, 0.1) is 0 Å². The second-order valence-electron chi connectivity index (χ2n) is 9.37. The van der Waals surface area contributed by atoms with E-state index in [0.29, 0.717) is 11.8 Å². The molecule has 0 bridgehead atoms. The number of hydrogen-bond donors (Lipinski definition) is 1. The first-order valence-corrected chi connectivity index (χ1v) is 11.8. The third kappa shape index (κ3) is 3.93. The van der Waals surface area contributed by atoms with Gasteiger partial charge in [-0.05, 0) is 67.1 Å². The van der Waals surface area contributed by atoms with Crippen molar-refractivity contribution in [3.8, 4) is 5.69 Å². The van der Waals surface area contributed by atoms with E-state index in [2.05, 4.69) is 49.4 Å². The fourth-order valence-electron chi connectivity index (χ4n) is 5.56. The number of carbonyl (C=O) groups is 1. The van der Waals surface area contributed by atoms with Crippen LogP contribution in [0.25, 0.3) is 16.6 Å². The topological polar surface area (TPSA) is 70.1 Å². The first-order valence-electron chi connectivity index (χ1n) is 11.8. The van der Waals surface area contributed by atoms with Gasteiger partial charge in [0.1, 0.15) is 12.7 Å². The fourth-order valence-corrected chi connectivity index (χ4v) is 5.56. The maximum Gasteiger partial charge on any atom is 0.253 e. The van der Waals surface area contributed by atoms with Gasteiger partial charge in [-0.2, -0.15) is 0 Å². The molecule has 6 rings (SSSR count). The molecule has 0 aliphatic carbocycles. The minimum Gasteiger partial charge on any atom is -0.361 e. The van der Waals surface area contributed by atoms with E-state index in [1.807, 2.05) is 34.9 Å². The van der Waals surface area contributed by atoms with Crippen LogP contribution in [-0.2, 0) is 6.42 Å². The number of aryl methyl sites for hydroxylation is 1. The lowest BCUT2D eigenvalue weighted by Gasteiger charge is -2.21. The molecule has 7 nitrogen and oxygen atoms in total. The third-order valence-electron chi connectivity index (χ3n) is 7.26. The standard InChI is InChI=1S/C26H28N6O/c33-26(19-5-2-1-3-6-19)31-15-21-13-30(14-22(21)16-31)10-4-7-20-12-27-25-9-8-23(11-24(20)25)32-17-28-29-18-32/h1-3,5-6,8-9,11-12,17-18,21-22,27H,4,7,10,13-16H2/t21-,22+. The number of nitrogens with zero attached hydrogens (tertiary/aromatic N) is 5. The van der Waals surface area contributed by atoms with Gasteiger partial charge in [-0.3, -0.25) is 9.36 Å². The maximum absolute atomic E-state index is 12.8. The van der Waals surface area contributed by atoms with Crippen LogP contribution in [0.1, 0.15) is 22.3 Å². The third-order valence-corrected chi connectivity index (χ3v) is 7.26. The smallest absolute Gasteiger partial charge is 0.253 e. The molecule has 0 radical (unpaired) electrons. The number of carbonyl (C=O) groups excluding carboxylic acids is 1. The van der Waals surface area contributed by atoms with E-state index < -0.39 is 0 Å². The zero-order chi connectivity index (χ0) is 22.2. The molecule has 2 fully saturated rings. The van der Waals surface area contributed by atoms with Crippen molar-refractivity contribution in [3.63, 3.8) is 0 Å². The lowest BCUT2D eigenvalue weighted by Crippen LogP contribution is -2.33. The van der Waals surface area contributed by atoms with Crippen LogP contribution < -0.4 is 0 Å². The average Bonchev–Trinajstić information content (AvgIpc) is 3.63. The van der Waals surface area contributed by atoms with Gasteiger partial charge in [-0.1, -0.05) is 18.2 Å². The van der Waals surface area contributed by atoms with Gasteiger partial charge < -0.3 is 14.8 Å². The minimum absolute atomic E-state index is 0.182. The van der Waals surface area contributed by atoms with E-state index in [-0.39, 0.29) is 5.91 Å². The molecular weight excluding hydrogens is 412 g/mol. The summed E-state index contributed by atoms with van der Waals surface area (Å²) in [4.78, 5) is 20.8. The molecule has 4 aromatic rings. The van der Waals surface area contributed by atoms with Crippen molar-refractivity contribution in [1.29, 1.82) is 0 Å². The zero-order valence-electron chi connectivity index (χ0n) is 18.6. The molecule has 0 unspecified atom stereocenters. The number of fused-ring (bicyclic) bond motifs is 2. The number of benzene rings is 2. The van der Waals surface area contributed by atoms with Crippen molar-refractivity contribution in [1.82, 2.24) is 29.5 Å². The number of aromatic amines is 1. The number of nitrogens with one attached hydrogen (secondary N) is 1. The van der Waals surface area contributed by atoms with Crippen molar-refractivity contribution in [2.75, 3.05) is 32.7 Å². The average molecular weight is 441 g/mol. The molecule has 2 aliphatic rings. The summed E-state index contributed by atoms with van der Waals surface area (Å²) in [5.41, 5.74) is 4.41. The SMILES string of the molecule is O=C(c1ccccc1)N1C[C@H]2CN(CCCc3c[nH]c4ccc(-n5cnnc5)cc34)C[C@H]2C1. The summed E-state index contributed by atoms with van der Waals surface area (Å²) in [6.07, 6.45) is 7.79. The fraction of sp³-hybridized carbons (Fsp3) is 0.346.